The fourth-order valence-corrected chi connectivity index (χ4v) is 7.57. The van der Waals surface area contributed by atoms with Crippen molar-refractivity contribution in [2.24, 2.45) is 16.2 Å². The fraction of sp³-hybridized carbons (Fsp3) is 0.286. The lowest BCUT2D eigenvalue weighted by molar-refractivity contribution is 0.355. The van der Waals surface area contributed by atoms with E-state index in [-0.39, 0.29) is 41.0 Å². The van der Waals surface area contributed by atoms with Crippen molar-refractivity contribution >= 4 is 28.4 Å². The second kappa shape index (κ2) is 17.1. The zero-order valence-corrected chi connectivity index (χ0v) is 27.8. The van der Waals surface area contributed by atoms with E-state index in [1.165, 1.54) is 30.5 Å². The van der Waals surface area contributed by atoms with Gasteiger partial charge >= 0.3 is 0 Å². The summed E-state index contributed by atoms with van der Waals surface area (Å²) in [5.41, 5.74) is 2.38. The Morgan fingerprint density at radius 1 is 0.830 bits per heavy atom. The Balaban J connectivity index is 1.61. The predicted molar refractivity (Wildman–Crippen MR) is 180 cm³/mol. The van der Waals surface area contributed by atoms with E-state index in [1.807, 2.05) is 37.2 Å². The maximum atomic E-state index is 14.8. The van der Waals surface area contributed by atoms with E-state index in [1.54, 1.807) is 55.0 Å². The molecule has 2 heterocycles. The first kappa shape index (κ1) is 35.7. The van der Waals surface area contributed by atoms with Crippen molar-refractivity contribution < 1.29 is 17.9 Å². The lowest BCUT2D eigenvalue weighted by Crippen LogP contribution is -2.41. The van der Waals surface area contributed by atoms with Crippen LogP contribution in [0.1, 0.15) is 60.1 Å². The third kappa shape index (κ3) is 9.91. The Morgan fingerprint density at radius 3 is 2.06 bits per heavy atom. The van der Waals surface area contributed by atoms with Crippen LogP contribution in [0, 0.1) is 46.1 Å². The molecule has 0 saturated carbocycles. The van der Waals surface area contributed by atoms with Crippen molar-refractivity contribution in [1.29, 1.82) is 10.5 Å². The Labute approximate surface area is 280 Å². The van der Waals surface area contributed by atoms with Gasteiger partial charge in [-0.05, 0) is 59.5 Å². The number of rotatable bonds is 14. The summed E-state index contributed by atoms with van der Waals surface area (Å²) in [4.78, 5) is 8.36. The lowest BCUT2D eigenvalue weighted by Gasteiger charge is -2.31. The smallest absolute Gasteiger partial charge is 0.141 e. The third-order valence-electron chi connectivity index (χ3n) is 7.19. The molecule has 8 nitrogen and oxygen atoms in total. The average Bonchev–Trinajstić information content (AvgIpc) is 3.06. The summed E-state index contributed by atoms with van der Waals surface area (Å²) in [6, 6.07) is 19.3. The highest BCUT2D eigenvalue weighted by Crippen LogP contribution is 2.29. The quantitative estimate of drug-likeness (QED) is 0.117. The van der Waals surface area contributed by atoms with Crippen molar-refractivity contribution in [1.82, 2.24) is 14.3 Å². The number of benzene rings is 2. The van der Waals surface area contributed by atoms with E-state index in [0.717, 1.165) is 5.56 Å². The monoisotopic (exact) mass is 672 g/mol. The Kier molecular flexibility index (Phi) is 13.0. The second-order valence-corrected chi connectivity index (χ2v) is 14.2. The predicted octanol–water partition coefficient (Wildman–Crippen LogP) is 6.09. The SMILES string of the molecule is CC(C)C[S+]([O-])N(CC(C)C[S+]([O-])N=C(c1cccnc1)c1ccc(C#N)c(F)c1)CC(c1cccnc1)c1ccc(C#N)c(F)c1. The minimum Gasteiger partial charge on any atom is -0.598 e. The van der Waals surface area contributed by atoms with Gasteiger partial charge in [0.2, 0.25) is 0 Å². The molecule has 4 aromatic rings. The van der Waals surface area contributed by atoms with Gasteiger partial charge in [-0.1, -0.05) is 43.4 Å². The zero-order chi connectivity index (χ0) is 33.9. The number of nitriles is 2. The molecule has 242 valence electrons. The van der Waals surface area contributed by atoms with E-state index in [4.69, 9.17) is 5.26 Å². The van der Waals surface area contributed by atoms with Gasteiger partial charge in [0.25, 0.3) is 0 Å². The molecule has 0 aliphatic rings. The zero-order valence-electron chi connectivity index (χ0n) is 26.2. The highest BCUT2D eigenvalue weighted by molar-refractivity contribution is 7.90. The van der Waals surface area contributed by atoms with E-state index in [9.17, 15) is 23.1 Å². The molecule has 12 heteroatoms. The molecule has 47 heavy (non-hydrogen) atoms. The molecule has 0 N–H and O–H groups in total. The van der Waals surface area contributed by atoms with Crippen molar-refractivity contribution in [3.05, 3.63) is 130 Å². The van der Waals surface area contributed by atoms with Gasteiger partial charge in [0, 0.05) is 59.1 Å². The van der Waals surface area contributed by atoms with Crippen LogP contribution in [-0.2, 0) is 22.7 Å². The molecule has 0 spiro atoms. The van der Waals surface area contributed by atoms with E-state index >= 15 is 0 Å². The van der Waals surface area contributed by atoms with Gasteiger partial charge in [0.15, 0.2) is 0 Å². The fourth-order valence-electron chi connectivity index (χ4n) is 4.97. The second-order valence-electron chi connectivity index (χ2n) is 11.5. The number of pyridine rings is 2. The maximum absolute atomic E-state index is 14.8. The molecule has 0 aliphatic carbocycles. The molecule has 0 radical (unpaired) electrons. The van der Waals surface area contributed by atoms with Crippen LogP contribution in [0.4, 0.5) is 8.78 Å². The van der Waals surface area contributed by atoms with Crippen LogP contribution in [0.15, 0.2) is 89.8 Å². The first-order chi connectivity index (χ1) is 22.6. The van der Waals surface area contributed by atoms with Gasteiger partial charge in [0.1, 0.15) is 41.0 Å². The van der Waals surface area contributed by atoms with Crippen LogP contribution < -0.4 is 0 Å². The van der Waals surface area contributed by atoms with Gasteiger partial charge in [0.05, 0.1) is 35.6 Å². The van der Waals surface area contributed by atoms with Crippen molar-refractivity contribution in [2.75, 3.05) is 24.6 Å². The molecule has 2 aromatic heterocycles. The maximum Gasteiger partial charge on any atom is 0.141 e. The number of hydrogen-bond acceptors (Lipinski definition) is 8. The Bertz CT molecular complexity index is 1750. The lowest BCUT2D eigenvalue weighted by atomic mass is 9.91. The molecule has 0 fully saturated rings. The summed E-state index contributed by atoms with van der Waals surface area (Å²) in [5.74, 6) is -1.38. The van der Waals surface area contributed by atoms with Crippen LogP contribution >= 0.6 is 0 Å². The van der Waals surface area contributed by atoms with Crippen LogP contribution in [0.5, 0.6) is 0 Å². The minimum absolute atomic E-state index is 0.0648. The van der Waals surface area contributed by atoms with E-state index in [0.29, 0.717) is 29.0 Å². The summed E-state index contributed by atoms with van der Waals surface area (Å²) in [5, 5.41) is 18.4. The number of aromatic nitrogens is 2. The number of hydrogen-bond donors (Lipinski definition) is 0. The van der Waals surface area contributed by atoms with Crippen LogP contribution in [-0.4, -0.2) is 53.7 Å². The third-order valence-corrected chi connectivity index (χ3v) is 10.3. The summed E-state index contributed by atoms with van der Waals surface area (Å²) in [6.07, 6.45) is 6.44. The van der Waals surface area contributed by atoms with Gasteiger partial charge in [-0.15, -0.1) is 4.31 Å². The molecular weight excluding hydrogens is 639 g/mol. The van der Waals surface area contributed by atoms with Crippen LogP contribution in [0.2, 0.25) is 0 Å². The highest BCUT2D eigenvalue weighted by atomic mass is 32.2. The van der Waals surface area contributed by atoms with Crippen molar-refractivity contribution in [3.63, 3.8) is 0 Å². The molecule has 0 amide bonds. The molecule has 4 unspecified atom stereocenters. The topological polar surface area (TPSA) is 135 Å². The van der Waals surface area contributed by atoms with Gasteiger partial charge in [-0.3, -0.25) is 9.97 Å². The van der Waals surface area contributed by atoms with Crippen LogP contribution in [0.25, 0.3) is 0 Å². The minimum atomic E-state index is -1.77. The Morgan fingerprint density at radius 2 is 1.49 bits per heavy atom. The summed E-state index contributed by atoms with van der Waals surface area (Å²) in [6.45, 7) is 6.39. The highest BCUT2D eigenvalue weighted by Gasteiger charge is 2.30. The molecular formula is C35H34F2N6O2S2. The average molecular weight is 673 g/mol. The molecule has 4 atom stereocenters. The van der Waals surface area contributed by atoms with E-state index < -0.39 is 40.3 Å². The largest absolute Gasteiger partial charge is 0.598 e. The molecule has 0 aliphatic heterocycles. The summed E-state index contributed by atoms with van der Waals surface area (Å²) >= 11 is -3.19. The molecule has 4 rings (SSSR count). The first-order valence-corrected chi connectivity index (χ1v) is 17.4. The number of nitrogens with zero attached hydrogens (tertiary/aromatic N) is 6. The first-order valence-electron chi connectivity index (χ1n) is 14.9. The van der Waals surface area contributed by atoms with Gasteiger partial charge < -0.3 is 9.11 Å². The standard InChI is InChI=1S/C35H34F2N6O2S2/c1-24(2)22-47(45)43(21-32(30-6-4-12-40-18-30)26-8-10-28(16-38)33(36)14-26)20-25(3)23-46(44)42-35(31-7-5-13-41-19-31)27-9-11-29(17-39)34(37)15-27/h4-15,18-19,24-25,32H,20-23H2,1-3H3. The molecule has 2 aromatic carbocycles. The Hall–Kier alpha value is -4.17. The summed E-state index contributed by atoms with van der Waals surface area (Å²) < 4.78 is 62.8. The number of halogens is 2. The van der Waals surface area contributed by atoms with Gasteiger partial charge in [-0.25, -0.2) is 8.78 Å². The summed E-state index contributed by atoms with van der Waals surface area (Å²) in [7, 11) is 0. The molecule has 0 bridgehead atoms. The van der Waals surface area contributed by atoms with Gasteiger partial charge in [-0.2, -0.15) is 10.5 Å². The van der Waals surface area contributed by atoms with Crippen LogP contribution in [0.3, 0.4) is 0 Å². The normalized spacial score (nSPS) is 14.3. The molecule has 0 saturated heterocycles. The van der Waals surface area contributed by atoms with Crippen molar-refractivity contribution in [2.45, 2.75) is 26.7 Å². The van der Waals surface area contributed by atoms with Crippen molar-refractivity contribution in [3.8, 4) is 12.1 Å². The van der Waals surface area contributed by atoms with E-state index in [2.05, 4.69) is 14.4 Å².